The van der Waals surface area contributed by atoms with Crippen LogP contribution in [0.4, 0.5) is 28.4 Å². The van der Waals surface area contributed by atoms with Crippen molar-refractivity contribution in [3.05, 3.63) is 208 Å². The molecule has 6 aliphatic rings. The average Bonchev–Trinajstić information content (AvgIpc) is 3.11. The van der Waals surface area contributed by atoms with Crippen LogP contribution in [0, 0.1) is 0 Å². The van der Waals surface area contributed by atoms with Gasteiger partial charge in [-0.25, -0.2) is 0 Å². The normalized spacial score (nSPS) is 19.7. The predicted molar refractivity (Wildman–Crippen MR) is 337 cm³/mol. The van der Waals surface area contributed by atoms with Gasteiger partial charge in [0.25, 0.3) is 6.71 Å². The summed E-state index contributed by atoms with van der Waals surface area (Å²) in [6.07, 6.45) is 4.79. The maximum Gasteiger partial charge on any atom is 0.252 e. The van der Waals surface area contributed by atoms with Gasteiger partial charge in [-0.3, -0.25) is 0 Å². The Balaban J connectivity index is 1.14. The van der Waals surface area contributed by atoms with Crippen LogP contribution in [0.2, 0.25) is 0 Å². The zero-order chi connectivity index (χ0) is 54.9. The van der Waals surface area contributed by atoms with Crippen LogP contribution >= 0.6 is 0 Å². The highest BCUT2D eigenvalue weighted by atomic mass is 15.3. The Bertz CT molecular complexity index is 4000. The highest BCUT2D eigenvalue weighted by Gasteiger charge is 2.62. The van der Waals surface area contributed by atoms with Crippen LogP contribution in [-0.2, 0) is 32.5 Å². The Morgan fingerprint density at radius 1 is 0.456 bits per heavy atom. The van der Waals surface area contributed by atoms with Gasteiger partial charge in [-0.05, 0) is 156 Å². The molecule has 0 radical (unpaired) electrons. The summed E-state index contributed by atoms with van der Waals surface area (Å²) >= 11 is 0. The maximum atomic E-state index is 2.95. The molecule has 0 N–H and O–H groups in total. The van der Waals surface area contributed by atoms with E-state index in [9.17, 15) is 0 Å². The van der Waals surface area contributed by atoms with Crippen LogP contribution in [0.3, 0.4) is 0 Å². The second-order valence-corrected chi connectivity index (χ2v) is 29.3. The minimum Gasteiger partial charge on any atom is -0.335 e. The standard InChI is InChI=1S/C75H76BN3/c1-69(2,3)45-29-33-49(34-30-45)77(50-35-31-46(32-36-50)70(4,5)6)51-43-62-65-63(44-51)79-68-59(73(13)37-21-22-38-74(73,79)14)40-48(72(10,11)12)42-61(68)76(65)60-41-47(71(7,8)9)39-55-64-67(78(62)66(55)60)54-25-17-20-28-58(54)75(64)56-26-18-15-23-52(56)53-24-16-19-27-57(53)75/h15-20,23-36,39-44H,21-22,37-38H2,1-14H3. The third kappa shape index (κ3) is 6.27. The SMILES string of the molecule is CC(C)(C)c1ccc(N(c2ccc(C(C)(C)C)cc2)c2cc3c4c(c2)-n2c5c(c6cc(C(C)(C)C)cc(c62)B4c2cc(C(C)(C)C)cc4c2N3C2(C)CCCCC42C)C2(c3ccccc3-c3ccccc32)c2ccccc2-5)cc1. The zero-order valence-corrected chi connectivity index (χ0v) is 49.3. The maximum absolute atomic E-state index is 2.95. The van der Waals surface area contributed by atoms with E-state index in [0.29, 0.717) is 0 Å². The van der Waals surface area contributed by atoms with Gasteiger partial charge in [0.2, 0.25) is 0 Å². The van der Waals surface area contributed by atoms with Gasteiger partial charge in [0.15, 0.2) is 0 Å². The summed E-state index contributed by atoms with van der Waals surface area (Å²) in [5.41, 5.74) is 30.5. The largest absolute Gasteiger partial charge is 0.335 e. The van der Waals surface area contributed by atoms with Gasteiger partial charge < -0.3 is 14.4 Å². The molecule has 1 fully saturated rings. The summed E-state index contributed by atoms with van der Waals surface area (Å²) in [6, 6.07) is 63.2. The van der Waals surface area contributed by atoms with Crippen molar-refractivity contribution >= 4 is 62.4 Å². The molecule has 0 amide bonds. The summed E-state index contributed by atoms with van der Waals surface area (Å²) in [4.78, 5) is 5.53. The lowest BCUT2D eigenvalue weighted by Crippen LogP contribution is -2.64. The van der Waals surface area contributed by atoms with Crippen LogP contribution in [0.1, 0.15) is 173 Å². The first-order valence-electron chi connectivity index (χ1n) is 29.7. The average molecular weight is 1030 g/mol. The van der Waals surface area contributed by atoms with Crippen LogP contribution < -0.4 is 26.2 Å². The molecule has 1 aromatic heterocycles. The molecule has 15 rings (SSSR count). The van der Waals surface area contributed by atoms with E-state index in [1.807, 2.05) is 0 Å². The molecule has 8 aromatic carbocycles. The predicted octanol–water partition coefficient (Wildman–Crippen LogP) is 17.5. The van der Waals surface area contributed by atoms with Gasteiger partial charge in [-0.2, -0.15) is 0 Å². The Morgan fingerprint density at radius 2 is 0.937 bits per heavy atom. The number of fused-ring (bicyclic) bond motifs is 19. The Kier molecular flexibility index (Phi) is 9.72. The first-order valence-corrected chi connectivity index (χ1v) is 29.7. The van der Waals surface area contributed by atoms with Crippen LogP contribution in [0.5, 0.6) is 0 Å². The van der Waals surface area contributed by atoms with E-state index in [1.54, 1.807) is 5.56 Å². The molecular formula is C75H76BN3. The minimum atomic E-state index is -0.522. The van der Waals surface area contributed by atoms with Crippen molar-refractivity contribution < 1.29 is 0 Å². The fraction of sp³-hybridized carbons (Fsp3) is 0.333. The van der Waals surface area contributed by atoms with Crippen molar-refractivity contribution in [2.75, 3.05) is 9.80 Å². The molecule has 0 bridgehead atoms. The topological polar surface area (TPSA) is 11.4 Å². The van der Waals surface area contributed by atoms with Crippen LogP contribution in [0.25, 0.3) is 39.0 Å². The fourth-order valence-electron chi connectivity index (χ4n) is 16.4. The smallest absolute Gasteiger partial charge is 0.252 e. The van der Waals surface area contributed by atoms with E-state index < -0.39 is 5.41 Å². The molecule has 9 aromatic rings. The summed E-state index contributed by atoms with van der Waals surface area (Å²) in [5.74, 6) is 0. The molecule has 1 spiro atoms. The number of hydrogen-bond acceptors (Lipinski definition) is 2. The number of benzene rings is 8. The van der Waals surface area contributed by atoms with Gasteiger partial charge in [0, 0.05) is 55.9 Å². The number of rotatable bonds is 3. The molecule has 3 aliphatic heterocycles. The first kappa shape index (κ1) is 49.0. The second kappa shape index (κ2) is 15.7. The van der Waals surface area contributed by atoms with Gasteiger partial charge in [-0.1, -0.05) is 218 Å². The van der Waals surface area contributed by atoms with E-state index in [0.717, 1.165) is 6.42 Å². The molecule has 394 valence electrons. The van der Waals surface area contributed by atoms with Gasteiger partial charge in [0.05, 0.1) is 22.3 Å². The quantitative estimate of drug-likeness (QED) is 0.163. The van der Waals surface area contributed by atoms with Crippen molar-refractivity contribution in [2.45, 2.75) is 161 Å². The van der Waals surface area contributed by atoms with E-state index in [-0.39, 0.29) is 39.3 Å². The molecule has 3 nitrogen and oxygen atoms in total. The molecular weight excluding hydrogens is 954 g/mol. The molecule has 3 aliphatic carbocycles. The van der Waals surface area contributed by atoms with Crippen LogP contribution in [-0.4, -0.2) is 16.8 Å². The summed E-state index contributed by atoms with van der Waals surface area (Å²) in [5, 5.41) is 1.38. The molecule has 79 heavy (non-hydrogen) atoms. The zero-order valence-electron chi connectivity index (χ0n) is 49.3. The number of hydrogen-bond donors (Lipinski definition) is 0. The van der Waals surface area contributed by atoms with Crippen molar-refractivity contribution in [2.24, 2.45) is 0 Å². The van der Waals surface area contributed by atoms with Gasteiger partial charge in [0.1, 0.15) is 0 Å². The number of aromatic nitrogens is 1. The first-order chi connectivity index (χ1) is 37.5. The van der Waals surface area contributed by atoms with Gasteiger partial charge >= 0.3 is 0 Å². The molecule has 4 heterocycles. The van der Waals surface area contributed by atoms with Gasteiger partial charge in [-0.15, -0.1) is 0 Å². The van der Waals surface area contributed by atoms with Crippen LogP contribution in [0.15, 0.2) is 158 Å². The molecule has 0 saturated heterocycles. The van der Waals surface area contributed by atoms with E-state index in [4.69, 9.17) is 0 Å². The minimum absolute atomic E-state index is 0.00552. The molecule has 2 unspecified atom stereocenters. The lowest BCUT2D eigenvalue weighted by molar-refractivity contribution is 0.195. The molecule has 4 heteroatoms. The lowest BCUT2D eigenvalue weighted by atomic mass is 9.33. The molecule has 1 saturated carbocycles. The van der Waals surface area contributed by atoms with Crippen molar-refractivity contribution in [1.29, 1.82) is 0 Å². The van der Waals surface area contributed by atoms with E-state index >= 15 is 0 Å². The number of nitrogens with zero attached hydrogens (tertiary/aromatic N) is 3. The Hall–Kier alpha value is -7.04. The Morgan fingerprint density at radius 3 is 1.49 bits per heavy atom. The fourth-order valence-corrected chi connectivity index (χ4v) is 16.4. The van der Waals surface area contributed by atoms with E-state index in [1.165, 1.54) is 148 Å². The summed E-state index contributed by atoms with van der Waals surface area (Å²) < 4.78 is 2.82. The monoisotopic (exact) mass is 1030 g/mol. The summed E-state index contributed by atoms with van der Waals surface area (Å²) in [7, 11) is 0. The van der Waals surface area contributed by atoms with Crippen molar-refractivity contribution in [1.82, 2.24) is 4.57 Å². The Labute approximate surface area is 470 Å². The third-order valence-corrected chi connectivity index (χ3v) is 20.7. The molecule has 2 atom stereocenters. The number of anilines is 5. The van der Waals surface area contributed by atoms with E-state index in [2.05, 4.69) is 269 Å². The highest BCUT2D eigenvalue weighted by molar-refractivity contribution is 7.00. The second-order valence-electron chi connectivity index (χ2n) is 29.3. The third-order valence-electron chi connectivity index (χ3n) is 20.7. The van der Waals surface area contributed by atoms with Crippen molar-refractivity contribution in [3.8, 4) is 28.1 Å². The summed E-state index contributed by atoms with van der Waals surface area (Å²) in [6.45, 7) is 33.8. The highest BCUT2D eigenvalue weighted by Crippen LogP contribution is 2.67. The lowest BCUT2D eigenvalue weighted by Gasteiger charge is -2.52. The van der Waals surface area contributed by atoms with Crippen molar-refractivity contribution in [3.63, 3.8) is 0 Å².